The van der Waals surface area contributed by atoms with E-state index in [2.05, 4.69) is 10.3 Å². The van der Waals surface area contributed by atoms with Crippen molar-refractivity contribution in [1.82, 2.24) is 4.98 Å². The van der Waals surface area contributed by atoms with E-state index in [4.69, 9.17) is 32.4 Å². The highest BCUT2D eigenvalue weighted by atomic mass is 35.5. The second kappa shape index (κ2) is 8.20. The second-order valence-electron chi connectivity index (χ2n) is 6.51. The van der Waals surface area contributed by atoms with Gasteiger partial charge in [0.15, 0.2) is 5.13 Å². The summed E-state index contributed by atoms with van der Waals surface area (Å²) in [5.74, 6) is 0.509. The maximum absolute atomic E-state index is 11.5. The number of rotatable bonds is 6. The second-order valence-corrected chi connectivity index (χ2v) is 8.35. The van der Waals surface area contributed by atoms with Gasteiger partial charge >= 0.3 is 5.63 Å². The van der Waals surface area contributed by atoms with Crippen molar-refractivity contribution in [3.05, 3.63) is 62.4 Å². The molecule has 0 aliphatic carbocycles. The van der Waals surface area contributed by atoms with Crippen LogP contribution < -0.4 is 15.7 Å². The van der Waals surface area contributed by atoms with Crippen LogP contribution in [0.15, 0.2) is 45.6 Å². The van der Waals surface area contributed by atoms with Crippen molar-refractivity contribution < 1.29 is 14.3 Å². The summed E-state index contributed by atoms with van der Waals surface area (Å²) in [6, 6.07) is 10.2. The van der Waals surface area contributed by atoms with E-state index in [1.165, 1.54) is 17.4 Å². The average Bonchev–Trinajstić information content (AvgIpc) is 3.06. The van der Waals surface area contributed by atoms with Crippen molar-refractivity contribution in [3.8, 4) is 5.75 Å². The molecular weight excluding hydrogens is 435 g/mol. The molecule has 0 amide bonds. The molecule has 4 rings (SSSR count). The van der Waals surface area contributed by atoms with Crippen molar-refractivity contribution in [2.75, 3.05) is 18.5 Å². The number of aromatic nitrogens is 1. The van der Waals surface area contributed by atoms with Gasteiger partial charge in [-0.3, -0.25) is 0 Å². The standard InChI is InChI=1S/C20H16Cl2N2O4S/c1-10-4-19(26)28-17-5-12(2-3-13(10)17)27-9-11(25)8-23-20-24-16-6-14(21)15(22)7-18(16)29-20/h2-7,11,25H,8-9H2,1H3,(H,23,24). The maximum atomic E-state index is 11.5. The molecule has 0 radical (unpaired) electrons. The minimum absolute atomic E-state index is 0.0666. The molecule has 150 valence electrons. The van der Waals surface area contributed by atoms with Gasteiger partial charge in [0.1, 0.15) is 24.0 Å². The van der Waals surface area contributed by atoms with Gasteiger partial charge in [0.05, 0.1) is 20.3 Å². The van der Waals surface area contributed by atoms with E-state index >= 15 is 0 Å². The van der Waals surface area contributed by atoms with Crippen LogP contribution in [-0.2, 0) is 0 Å². The van der Waals surface area contributed by atoms with E-state index in [0.29, 0.717) is 26.5 Å². The summed E-state index contributed by atoms with van der Waals surface area (Å²) >= 11 is 13.5. The summed E-state index contributed by atoms with van der Waals surface area (Å²) in [6.45, 7) is 2.17. The van der Waals surface area contributed by atoms with Gasteiger partial charge in [-0.15, -0.1) is 0 Å². The first-order valence-electron chi connectivity index (χ1n) is 8.74. The summed E-state index contributed by atoms with van der Waals surface area (Å²) in [7, 11) is 0. The Hall–Kier alpha value is -2.32. The molecule has 1 unspecified atom stereocenters. The number of nitrogens with one attached hydrogen (secondary N) is 1. The number of hydrogen-bond acceptors (Lipinski definition) is 7. The van der Waals surface area contributed by atoms with Crippen LogP contribution in [0.5, 0.6) is 5.75 Å². The van der Waals surface area contributed by atoms with E-state index in [-0.39, 0.29) is 13.2 Å². The summed E-state index contributed by atoms with van der Waals surface area (Å²) in [5.41, 5.74) is 1.62. The molecule has 2 aromatic carbocycles. The molecule has 0 saturated carbocycles. The van der Waals surface area contributed by atoms with Crippen LogP contribution in [0.25, 0.3) is 21.2 Å². The van der Waals surface area contributed by atoms with Crippen molar-refractivity contribution in [2.45, 2.75) is 13.0 Å². The number of thiazole rings is 1. The van der Waals surface area contributed by atoms with Crippen molar-refractivity contribution in [1.29, 1.82) is 0 Å². The van der Waals surface area contributed by atoms with Gasteiger partial charge in [-0.25, -0.2) is 9.78 Å². The SMILES string of the molecule is Cc1cc(=O)oc2cc(OCC(O)CNc3nc4cc(Cl)c(Cl)cc4s3)ccc12. The number of ether oxygens (including phenoxy) is 1. The summed E-state index contributed by atoms with van der Waals surface area (Å²) in [4.78, 5) is 16.0. The number of aliphatic hydroxyl groups excluding tert-OH is 1. The predicted molar refractivity (Wildman–Crippen MR) is 117 cm³/mol. The zero-order valence-corrected chi connectivity index (χ0v) is 17.6. The number of benzene rings is 2. The van der Waals surface area contributed by atoms with Gasteiger partial charge in [0.2, 0.25) is 0 Å². The van der Waals surface area contributed by atoms with E-state index in [1.54, 1.807) is 24.3 Å². The van der Waals surface area contributed by atoms with Crippen LogP contribution in [0.2, 0.25) is 10.0 Å². The van der Waals surface area contributed by atoms with Crippen LogP contribution >= 0.6 is 34.5 Å². The van der Waals surface area contributed by atoms with E-state index in [0.717, 1.165) is 21.2 Å². The molecule has 0 saturated heterocycles. The Morgan fingerprint density at radius 2 is 2.03 bits per heavy atom. The maximum Gasteiger partial charge on any atom is 0.336 e. The van der Waals surface area contributed by atoms with E-state index in [1.807, 2.05) is 13.0 Å². The highest BCUT2D eigenvalue weighted by Gasteiger charge is 2.11. The third-order valence-electron chi connectivity index (χ3n) is 4.28. The molecular formula is C20H16Cl2N2O4S. The number of anilines is 1. The predicted octanol–water partition coefficient (Wildman–Crippen LogP) is 4.87. The lowest BCUT2D eigenvalue weighted by Crippen LogP contribution is -2.26. The van der Waals surface area contributed by atoms with E-state index in [9.17, 15) is 9.90 Å². The molecule has 0 bridgehead atoms. The van der Waals surface area contributed by atoms with E-state index < -0.39 is 11.7 Å². The fourth-order valence-electron chi connectivity index (χ4n) is 2.85. The lowest BCUT2D eigenvalue weighted by atomic mass is 10.1. The van der Waals surface area contributed by atoms with Gasteiger partial charge in [-0.1, -0.05) is 34.5 Å². The first-order valence-corrected chi connectivity index (χ1v) is 10.3. The smallest absolute Gasteiger partial charge is 0.336 e. The Bertz CT molecular complexity index is 1220. The number of fused-ring (bicyclic) bond motifs is 2. The molecule has 0 aliphatic heterocycles. The van der Waals surface area contributed by atoms with Crippen LogP contribution in [0.1, 0.15) is 5.56 Å². The lowest BCUT2D eigenvalue weighted by molar-refractivity contribution is 0.117. The molecule has 9 heteroatoms. The first kappa shape index (κ1) is 20.0. The third kappa shape index (κ3) is 4.48. The summed E-state index contributed by atoms with van der Waals surface area (Å²) in [5, 5.41) is 15.7. The van der Waals surface area contributed by atoms with Crippen molar-refractivity contribution >= 4 is 60.9 Å². The average molecular weight is 451 g/mol. The van der Waals surface area contributed by atoms with Crippen LogP contribution in [0.3, 0.4) is 0 Å². The first-order chi connectivity index (χ1) is 13.9. The third-order valence-corrected chi connectivity index (χ3v) is 5.98. The monoisotopic (exact) mass is 450 g/mol. The number of halogens is 2. The van der Waals surface area contributed by atoms with Gasteiger partial charge in [-0.2, -0.15) is 0 Å². The minimum Gasteiger partial charge on any atom is -0.491 e. The fraction of sp³-hybridized carbons (Fsp3) is 0.200. The van der Waals surface area contributed by atoms with Crippen molar-refractivity contribution in [3.63, 3.8) is 0 Å². The molecule has 6 nitrogen and oxygen atoms in total. The van der Waals surface area contributed by atoms with Crippen LogP contribution in [0.4, 0.5) is 5.13 Å². The van der Waals surface area contributed by atoms with Gasteiger partial charge in [0, 0.05) is 24.1 Å². The lowest BCUT2D eigenvalue weighted by Gasteiger charge is -2.13. The molecule has 2 aromatic heterocycles. The minimum atomic E-state index is -0.769. The fourth-order valence-corrected chi connectivity index (χ4v) is 4.13. The highest BCUT2D eigenvalue weighted by molar-refractivity contribution is 7.22. The number of aliphatic hydroxyl groups is 1. The largest absolute Gasteiger partial charge is 0.491 e. The topological polar surface area (TPSA) is 84.6 Å². The summed E-state index contributed by atoms with van der Waals surface area (Å²) < 4.78 is 11.7. The Labute approximate surface area is 179 Å². The molecule has 0 spiro atoms. The molecule has 4 aromatic rings. The van der Waals surface area contributed by atoms with Crippen LogP contribution in [0, 0.1) is 6.92 Å². The van der Waals surface area contributed by atoms with Crippen LogP contribution in [-0.4, -0.2) is 29.3 Å². The highest BCUT2D eigenvalue weighted by Crippen LogP contribution is 2.33. The molecule has 1 atom stereocenters. The number of hydrogen-bond donors (Lipinski definition) is 2. The Morgan fingerprint density at radius 3 is 2.86 bits per heavy atom. The molecule has 2 N–H and O–H groups in total. The Morgan fingerprint density at radius 1 is 1.24 bits per heavy atom. The summed E-state index contributed by atoms with van der Waals surface area (Å²) in [6.07, 6.45) is -0.769. The molecule has 0 aliphatic rings. The Kier molecular flexibility index (Phi) is 5.65. The molecule has 0 fully saturated rings. The zero-order valence-electron chi connectivity index (χ0n) is 15.2. The number of aryl methyl sites for hydroxylation is 1. The zero-order chi connectivity index (χ0) is 20.5. The normalized spacial score (nSPS) is 12.4. The van der Waals surface area contributed by atoms with Gasteiger partial charge in [-0.05, 0) is 36.8 Å². The van der Waals surface area contributed by atoms with Crippen molar-refractivity contribution in [2.24, 2.45) is 0 Å². The van der Waals surface area contributed by atoms with Gasteiger partial charge in [0.25, 0.3) is 0 Å². The number of nitrogens with zero attached hydrogens (tertiary/aromatic N) is 1. The quantitative estimate of drug-likeness (QED) is 0.407. The molecule has 29 heavy (non-hydrogen) atoms. The Balaban J connectivity index is 1.37. The molecule has 2 heterocycles. The van der Waals surface area contributed by atoms with Gasteiger partial charge < -0.3 is 19.6 Å².